The van der Waals surface area contributed by atoms with E-state index in [0.29, 0.717) is 102 Å². The average molecular weight is 886 g/mol. The molecule has 326 valence electrons. The predicted molar refractivity (Wildman–Crippen MR) is 232 cm³/mol. The lowest BCUT2D eigenvalue weighted by atomic mass is 9.69. The number of amides is 4. The molecule has 14 nitrogen and oxygen atoms in total. The van der Waals surface area contributed by atoms with E-state index < -0.39 is 23.2 Å². The summed E-state index contributed by atoms with van der Waals surface area (Å²) in [4.78, 5) is 61.6. The number of halogens is 2. The molecule has 0 spiro atoms. The van der Waals surface area contributed by atoms with Crippen molar-refractivity contribution < 1.29 is 37.8 Å². The van der Waals surface area contributed by atoms with Crippen molar-refractivity contribution in [2.45, 2.75) is 70.1 Å². The summed E-state index contributed by atoms with van der Waals surface area (Å²) in [5, 5.41) is 14.6. The SMILES string of the molecule is O=C1CCC(N2Cc3c(C#CCCNCCOCCOCCNC(=O)C4(Cc5cccc(Nc6nccs6)n5)CCC(Oc5cccc(Cl)c5F)CC4)cccc3C2=O)C(=O)N1. The summed E-state index contributed by atoms with van der Waals surface area (Å²) in [7, 11) is 0. The Kier molecular flexibility index (Phi) is 15.5. The number of hydrogen-bond acceptors (Lipinski definition) is 12. The first-order chi connectivity index (χ1) is 30.2. The molecule has 4 amide bonds. The number of carbonyl (C=O) groups excluding carboxylic acids is 4. The number of fused-ring (bicyclic) bond motifs is 1. The lowest BCUT2D eigenvalue weighted by Gasteiger charge is -2.39. The maximum absolute atomic E-state index is 14.6. The van der Waals surface area contributed by atoms with Gasteiger partial charge in [0.15, 0.2) is 16.7 Å². The van der Waals surface area contributed by atoms with Gasteiger partial charge in [-0.15, -0.1) is 11.3 Å². The van der Waals surface area contributed by atoms with E-state index >= 15 is 0 Å². The molecule has 4 N–H and O–H groups in total. The van der Waals surface area contributed by atoms with Crippen LogP contribution in [0.25, 0.3) is 0 Å². The zero-order valence-corrected chi connectivity index (χ0v) is 35.8. The van der Waals surface area contributed by atoms with Crippen LogP contribution in [0.5, 0.6) is 5.75 Å². The molecule has 3 aliphatic rings. The molecule has 17 heteroatoms. The summed E-state index contributed by atoms with van der Waals surface area (Å²) in [5.41, 5.74) is 2.13. The van der Waals surface area contributed by atoms with Gasteiger partial charge in [-0.1, -0.05) is 41.6 Å². The van der Waals surface area contributed by atoms with Gasteiger partial charge in [-0.2, -0.15) is 0 Å². The highest BCUT2D eigenvalue weighted by molar-refractivity contribution is 7.13. The molecule has 2 aromatic heterocycles. The number of carbonyl (C=O) groups is 4. The molecule has 1 saturated heterocycles. The zero-order chi connectivity index (χ0) is 43.3. The first-order valence-corrected chi connectivity index (χ1v) is 22.1. The second-order valence-corrected chi connectivity index (χ2v) is 16.6. The van der Waals surface area contributed by atoms with Crippen molar-refractivity contribution in [3.8, 4) is 17.6 Å². The lowest BCUT2D eigenvalue weighted by molar-refractivity contribution is -0.137. The van der Waals surface area contributed by atoms with Crippen LogP contribution < -0.4 is 26.0 Å². The summed E-state index contributed by atoms with van der Waals surface area (Å²) in [6.07, 6.45) is 5.15. The molecule has 4 heterocycles. The number of anilines is 2. The molecular weight excluding hydrogens is 837 g/mol. The minimum absolute atomic E-state index is 0.00275. The standard InChI is InChI=1S/C45H49ClFN7O7S/c46-35-10-5-11-37(40(35)47)61-32-15-17-45(18-16-32,28-31-8-4-12-38(51-31)52-44-50-22-27-62-44)43(58)49-21-24-60-26-25-59-23-20-48-19-2-1-6-30-7-3-9-33-34(30)29-54(42(33)57)36-13-14-39(55)53-41(36)56/h3-5,7-12,22,27,32,36,48H,2,13-21,23-26,28-29H2,(H,49,58)(H,50,51,52)(H,53,55,56). The summed E-state index contributed by atoms with van der Waals surface area (Å²) in [5.74, 6) is 5.46. The Balaban J connectivity index is 0.796. The predicted octanol–water partition coefficient (Wildman–Crippen LogP) is 5.57. The number of piperidine rings is 1. The number of rotatable bonds is 19. The maximum Gasteiger partial charge on any atom is 0.255 e. The Labute approximate surface area is 368 Å². The molecule has 1 saturated carbocycles. The number of thiazole rings is 1. The van der Waals surface area contributed by atoms with Crippen molar-refractivity contribution in [3.63, 3.8) is 0 Å². The number of ether oxygens (including phenoxy) is 3. The van der Waals surface area contributed by atoms with Crippen molar-refractivity contribution in [2.75, 3.05) is 51.4 Å². The quantitative estimate of drug-likeness (QED) is 0.0528. The Hall–Kier alpha value is -5.44. The van der Waals surface area contributed by atoms with Gasteiger partial charge in [0.1, 0.15) is 11.9 Å². The summed E-state index contributed by atoms with van der Waals surface area (Å²) in [6.45, 7) is 3.49. The van der Waals surface area contributed by atoms with Crippen LogP contribution in [0.2, 0.25) is 5.02 Å². The molecule has 62 heavy (non-hydrogen) atoms. The minimum atomic E-state index is -0.745. The molecule has 2 aromatic carbocycles. The van der Waals surface area contributed by atoms with Crippen molar-refractivity contribution in [1.82, 2.24) is 30.8 Å². The molecule has 1 aliphatic carbocycles. The number of imide groups is 1. The summed E-state index contributed by atoms with van der Waals surface area (Å²) >= 11 is 7.45. The van der Waals surface area contributed by atoms with Crippen LogP contribution in [0.15, 0.2) is 66.2 Å². The van der Waals surface area contributed by atoms with Gasteiger partial charge >= 0.3 is 0 Å². The fraction of sp³-hybridized carbons (Fsp3) is 0.422. The maximum atomic E-state index is 14.6. The summed E-state index contributed by atoms with van der Waals surface area (Å²) < 4.78 is 32.1. The van der Waals surface area contributed by atoms with Crippen molar-refractivity contribution in [3.05, 3.63) is 99.4 Å². The van der Waals surface area contributed by atoms with Crippen LogP contribution in [-0.2, 0) is 36.8 Å². The van der Waals surface area contributed by atoms with Crippen LogP contribution >= 0.6 is 22.9 Å². The minimum Gasteiger partial charge on any atom is -0.487 e. The number of nitrogens with one attached hydrogen (secondary N) is 4. The van der Waals surface area contributed by atoms with E-state index in [1.54, 1.807) is 30.5 Å². The van der Waals surface area contributed by atoms with E-state index in [1.165, 1.54) is 22.3 Å². The fourth-order valence-electron chi connectivity index (χ4n) is 7.92. The molecule has 0 radical (unpaired) electrons. The highest BCUT2D eigenvalue weighted by Gasteiger charge is 2.43. The van der Waals surface area contributed by atoms with Gasteiger partial charge in [-0.25, -0.2) is 14.4 Å². The van der Waals surface area contributed by atoms with Crippen molar-refractivity contribution in [2.24, 2.45) is 5.41 Å². The number of hydrogen-bond donors (Lipinski definition) is 4. The van der Waals surface area contributed by atoms with E-state index in [9.17, 15) is 23.6 Å². The van der Waals surface area contributed by atoms with E-state index in [1.807, 2.05) is 29.6 Å². The first kappa shape index (κ1) is 44.6. The van der Waals surface area contributed by atoms with Crippen LogP contribution in [0.3, 0.4) is 0 Å². The van der Waals surface area contributed by atoms with Gasteiger partial charge in [0, 0.05) is 73.8 Å². The Morgan fingerprint density at radius 2 is 1.77 bits per heavy atom. The highest BCUT2D eigenvalue weighted by atomic mass is 35.5. The van der Waals surface area contributed by atoms with Crippen molar-refractivity contribution in [1.29, 1.82) is 0 Å². The Morgan fingerprint density at radius 3 is 2.56 bits per heavy atom. The van der Waals surface area contributed by atoms with Crippen LogP contribution in [-0.4, -0.2) is 96.7 Å². The fourth-order valence-corrected chi connectivity index (χ4v) is 8.62. The van der Waals surface area contributed by atoms with E-state index in [2.05, 4.69) is 38.1 Å². The van der Waals surface area contributed by atoms with E-state index in [4.69, 9.17) is 30.8 Å². The first-order valence-electron chi connectivity index (χ1n) is 20.8. The highest BCUT2D eigenvalue weighted by Crippen LogP contribution is 2.41. The molecule has 2 aliphatic heterocycles. The topological polar surface area (TPSA) is 173 Å². The smallest absolute Gasteiger partial charge is 0.255 e. The number of aromatic nitrogens is 2. The lowest BCUT2D eigenvalue weighted by Crippen LogP contribution is -2.52. The second-order valence-electron chi connectivity index (χ2n) is 15.3. The number of benzene rings is 2. The summed E-state index contributed by atoms with van der Waals surface area (Å²) in [6, 6.07) is 15.1. The van der Waals surface area contributed by atoms with E-state index in [-0.39, 0.29) is 47.6 Å². The van der Waals surface area contributed by atoms with Crippen molar-refractivity contribution >= 4 is 57.5 Å². The molecule has 0 bridgehead atoms. The third-order valence-corrected chi connectivity index (χ3v) is 12.1. The van der Waals surface area contributed by atoms with Gasteiger partial charge < -0.3 is 35.1 Å². The van der Waals surface area contributed by atoms with Gasteiger partial charge in [0.2, 0.25) is 17.7 Å². The normalized spacial score (nSPS) is 19.6. The van der Waals surface area contributed by atoms with Gasteiger partial charge in [0.25, 0.3) is 5.91 Å². The molecular formula is C45H49ClFN7O7S. The molecule has 4 aromatic rings. The monoisotopic (exact) mass is 885 g/mol. The molecule has 7 rings (SSSR count). The largest absolute Gasteiger partial charge is 0.487 e. The molecule has 1 unspecified atom stereocenters. The van der Waals surface area contributed by atoms with Crippen LogP contribution in [0.4, 0.5) is 15.3 Å². The number of pyridine rings is 1. The van der Waals surface area contributed by atoms with Gasteiger partial charge in [-0.05, 0) is 74.1 Å². The molecule has 2 fully saturated rings. The van der Waals surface area contributed by atoms with Gasteiger partial charge in [0.05, 0.1) is 43.0 Å². The van der Waals surface area contributed by atoms with Gasteiger partial charge in [-0.3, -0.25) is 24.5 Å². The third kappa shape index (κ3) is 11.5. The third-order valence-electron chi connectivity index (χ3n) is 11.1. The average Bonchev–Trinajstić information content (AvgIpc) is 3.91. The van der Waals surface area contributed by atoms with Crippen LogP contribution in [0, 0.1) is 23.1 Å². The number of nitrogens with zero attached hydrogens (tertiary/aromatic N) is 3. The Bertz CT molecular complexity index is 2280. The second kappa shape index (κ2) is 21.6. The van der Waals surface area contributed by atoms with Crippen LogP contribution in [0.1, 0.15) is 72.1 Å². The molecule has 1 atom stereocenters. The Morgan fingerprint density at radius 1 is 0.984 bits per heavy atom. The van der Waals surface area contributed by atoms with E-state index in [0.717, 1.165) is 22.0 Å². The zero-order valence-electron chi connectivity index (χ0n) is 34.2.